The highest BCUT2D eigenvalue weighted by atomic mass is 16.5. The summed E-state index contributed by atoms with van der Waals surface area (Å²) in [6, 6.07) is 0. The largest absolute Gasteiger partial charge is 0.481 e. The third-order valence-electron chi connectivity index (χ3n) is 9.69. The lowest BCUT2D eigenvalue weighted by molar-refractivity contribution is -0.166. The SMILES string of the molecule is CC(=O)OCCC[C@]1(O)CC[C@H]2[C@@H]3[C@H](C(=O)O)CC4=CC(=O)CC[C@]4(C)[C@H]3CC[C@@]21C. The van der Waals surface area contributed by atoms with E-state index in [1.54, 1.807) is 6.08 Å². The first kappa shape index (κ1) is 22.5. The van der Waals surface area contributed by atoms with Gasteiger partial charge in [-0.05, 0) is 86.0 Å². The number of ether oxygens (including phenoxy) is 1. The highest BCUT2D eigenvalue weighted by Gasteiger charge is 2.66. The fourth-order valence-electron chi connectivity index (χ4n) is 7.92. The van der Waals surface area contributed by atoms with Crippen molar-refractivity contribution in [1.29, 1.82) is 0 Å². The Labute approximate surface area is 184 Å². The van der Waals surface area contributed by atoms with Crippen LogP contribution in [0, 0.1) is 34.5 Å². The van der Waals surface area contributed by atoms with E-state index in [4.69, 9.17) is 4.74 Å². The van der Waals surface area contributed by atoms with Gasteiger partial charge in [-0.3, -0.25) is 14.4 Å². The second-order valence-electron chi connectivity index (χ2n) is 11.0. The van der Waals surface area contributed by atoms with Crippen molar-refractivity contribution in [3.8, 4) is 0 Å². The van der Waals surface area contributed by atoms with E-state index >= 15 is 0 Å². The molecule has 0 saturated heterocycles. The summed E-state index contributed by atoms with van der Waals surface area (Å²) in [5, 5.41) is 21.9. The van der Waals surface area contributed by atoms with Crippen molar-refractivity contribution in [2.24, 2.45) is 34.5 Å². The predicted octanol–water partition coefficient (Wildman–Crippen LogP) is 3.90. The molecular formula is C25H36O6. The normalized spacial score (nSPS) is 44.0. The van der Waals surface area contributed by atoms with Crippen LogP contribution in [0.3, 0.4) is 0 Å². The Hall–Kier alpha value is -1.69. The number of fused-ring (bicyclic) bond motifs is 5. The third-order valence-corrected chi connectivity index (χ3v) is 9.69. The van der Waals surface area contributed by atoms with Crippen LogP contribution < -0.4 is 0 Å². The number of carboxylic acids is 1. The summed E-state index contributed by atoms with van der Waals surface area (Å²) in [7, 11) is 0. The van der Waals surface area contributed by atoms with Crippen LogP contribution in [0.5, 0.6) is 0 Å². The van der Waals surface area contributed by atoms with Gasteiger partial charge in [0.15, 0.2) is 5.78 Å². The number of esters is 1. The van der Waals surface area contributed by atoms with Gasteiger partial charge >= 0.3 is 11.9 Å². The fraction of sp³-hybridized carbons (Fsp3) is 0.800. The molecule has 0 spiro atoms. The maximum Gasteiger partial charge on any atom is 0.307 e. The van der Waals surface area contributed by atoms with Crippen LogP contribution in [0.2, 0.25) is 0 Å². The number of allylic oxidation sites excluding steroid dienone is 1. The molecule has 0 aliphatic heterocycles. The van der Waals surface area contributed by atoms with Crippen molar-refractivity contribution in [1.82, 2.24) is 0 Å². The third kappa shape index (κ3) is 3.46. The van der Waals surface area contributed by atoms with Gasteiger partial charge in [0.25, 0.3) is 0 Å². The van der Waals surface area contributed by atoms with Crippen molar-refractivity contribution >= 4 is 17.7 Å². The molecule has 3 fully saturated rings. The van der Waals surface area contributed by atoms with E-state index in [-0.39, 0.29) is 40.3 Å². The van der Waals surface area contributed by atoms with Crippen LogP contribution in [-0.2, 0) is 19.1 Å². The molecule has 0 radical (unpaired) electrons. The minimum atomic E-state index is -0.856. The maximum atomic E-state index is 12.4. The number of ketones is 1. The van der Waals surface area contributed by atoms with Crippen molar-refractivity contribution in [2.45, 2.75) is 84.2 Å². The molecule has 172 valence electrons. The van der Waals surface area contributed by atoms with E-state index in [1.165, 1.54) is 6.92 Å². The number of carbonyl (C=O) groups excluding carboxylic acids is 2. The van der Waals surface area contributed by atoms with Crippen molar-refractivity contribution in [2.75, 3.05) is 6.61 Å². The molecule has 6 nitrogen and oxygen atoms in total. The predicted molar refractivity (Wildman–Crippen MR) is 114 cm³/mol. The number of aliphatic hydroxyl groups is 1. The van der Waals surface area contributed by atoms with E-state index < -0.39 is 17.5 Å². The second-order valence-corrected chi connectivity index (χ2v) is 11.0. The molecule has 4 rings (SSSR count). The first-order valence-electron chi connectivity index (χ1n) is 11.8. The van der Waals surface area contributed by atoms with Crippen LogP contribution in [0.15, 0.2) is 11.6 Å². The maximum absolute atomic E-state index is 12.4. The Morgan fingerprint density at radius 3 is 2.55 bits per heavy atom. The molecule has 3 saturated carbocycles. The Morgan fingerprint density at radius 1 is 1.16 bits per heavy atom. The van der Waals surface area contributed by atoms with E-state index in [0.29, 0.717) is 38.7 Å². The lowest BCUT2D eigenvalue weighted by atomic mass is 9.44. The quantitative estimate of drug-likeness (QED) is 0.505. The van der Waals surface area contributed by atoms with Gasteiger partial charge in [0.05, 0.1) is 18.1 Å². The summed E-state index contributed by atoms with van der Waals surface area (Å²) in [5.41, 5.74) is -0.261. The van der Waals surface area contributed by atoms with Crippen molar-refractivity contribution < 1.29 is 29.3 Å². The van der Waals surface area contributed by atoms with Crippen molar-refractivity contribution in [3.63, 3.8) is 0 Å². The standard InChI is InChI=1S/C25H36O6/c1-15(26)31-12-4-8-25(30)11-7-20-21-18(22(28)29)14-16-13-17(27)5-9-23(16,2)19(21)6-10-24(20,25)3/h13,18-21,30H,4-12,14H2,1-3H3,(H,28,29)/t18-,19+,20+,21-,23+,24+,25+/m1/s1. The summed E-state index contributed by atoms with van der Waals surface area (Å²) in [5.74, 6) is -1.04. The lowest BCUT2D eigenvalue weighted by Gasteiger charge is -2.60. The second kappa shape index (κ2) is 7.72. The molecule has 6 heteroatoms. The molecule has 0 amide bonds. The van der Waals surface area contributed by atoms with Gasteiger partial charge in [-0.2, -0.15) is 0 Å². The fourth-order valence-corrected chi connectivity index (χ4v) is 7.92. The number of hydrogen-bond donors (Lipinski definition) is 2. The summed E-state index contributed by atoms with van der Waals surface area (Å²) < 4.78 is 5.07. The zero-order valence-electron chi connectivity index (χ0n) is 19.0. The number of aliphatic carboxylic acids is 1. The zero-order valence-corrected chi connectivity index (χ0v) is 19.0. The molecule has 0 bridgehead atoms. The average Bonchev–Trinajstić information content (AvgIpc) is 2.96. The first-order chi connectivity index (χ1) is 14.5. The van der Waals surface area contributed by atoms with Crippen LogP contribution in [-0.4, -0.2) is 40.1 Å². The molecule has 0 heterocycles. The van der Waals surface area contributed by atoms with E-state index in [1.807, 2.05) is 0 Å². The number of carbonyl (C=O) groups is 3. The number of carboxylic acid groups (broad SMARTS) is 1. The minimum absolute atomic E-state index is 0.0223. The molecule has 0 aromatic rings. The van der Waals surface area contributed by atoms with Crippen LogP contribution >= 0.6 is 0 Å². The monoisotopic (exact) mass is 432 g/mol. The molecular weight excluding hydrogens is 396 g/mol. The molecule has 0 aromatic heterocycles. The van der Waals surface area contributed by atoms with E-state index in [0.717, 1.165) is 31.3 Å². The first-order valence-corrected chi connectivity index (χ1v) is 11.8. The summed E-state index contributed by atoms with van der Waals surface area (Å²) in [4.78, 5) is 35.5. The molecule has 7 atom stereocenters. The molecule has 4 aliphatic rings. The topological polar surface area (TPSA) is 101 Å². The molecule has 0 aromatic carbocycles. The van der Waals surface area contributed by atoms with E-state index in [2.05, 4.69) is 13.8 Å². The van der Waals surface area contributed by atoms with Gasteiger partial charge in [-0.25, -0.2) is 0 Å². The van der Waals surface area contributed by atoms with Gasteiger partial charge in [-0.1, -0.05) is 19.4 Å². The van der Waals surface area contributed by atoms with Crippen molar-refractivity contribution in [3.05, 3.63) is 11.6 Å². The van der Waals surface area contributed by atoms with Crippen LogP contribution in [0.25, 0.3) is 0 Å². The summed E-state index contributed by atoms with van der Waals surface area (Å²) in [6.07, 6.45) is 7.98. The Morgan fingerprint density at radius 2 is 1.87 bits per heavy atom. The van der Waals surface area contributed by atoms with Gasteiger partial charge in [-0.15, -0.1) is 0 Å². The van der Waals surface area contributed by atoms with Gasteiger partial charge in [0.1, 0.15) is 0 Å². The Bertz CT molecular complexity index is 817. The number of rotatable bonds is 5. The highest BCUT2D eigenvalue weighted by Crippen LogP contribution is 2.69. The Kier molecular flexibility index (Phi) is 5.60. The molecule has 0 unspecified atom stereocenters. The smallest absolute Gasteiger partial charge is 0.307 e. The molecule has 4 aliphatic carbocycles. The molecule has 31 heavy (non-hydrogen) atoms. The Balaban J connectivity index is 1.62. The summed E-state index contributed by atoms with van der Waals surface area (Å²) >= 11 is 0. The summed E-state index contributed by atoms with van der Waals surface area (Å²) in [6.45, 7) is 6.09. The van der Waals surface area contributed by atoms with Gasteiger partial charge < -0.3 is 14.9 Å². The average molecular weight is 433 g/mol. The van der Waals surface area contributed by atoms with Gasteiger partial charge in [0, 0.05) is 13.3 Å². The molecule has 2 N–H and O–H groups in total. The lowest BCUT2D eigenvalue weighted by Crippen LogP contribution is -2.58. The zero-order chi connectivity index (χ0) is 22.6. The van der Waals surface area contributed by atoms with Gasteiger partial charge in [0.2, 0.25) is 0 Å². The number of hydrogen-bond acceptors (Lipinski definition) is 5. The highest BCUT2D eigenvalue weighted by molar-refractivity contribution is 5.92. The van der Waals surface area contributed by atoms with Crippen LogP contribution in [0.1, 0.15) is 78.6 Å². The van der Waals surface area contributed by atoms with Crippen LogP contribution in [0.4, 0.5) is 0 Å². The van der Waals surface area contributed by atoms with E-state index in [9.17, 15) is 24.6 Å². The minimum Gasteiger partial charge on any atom is -0.481 e.